The van der Waals surface area contributed by atoms with Gasteiger partial charge in [0.2, 0.25) is 5.91 Å². The SMILES string of the molecule is CCC1(C(=O)NC2CCN(C)C2)CCCNC1. The van der Waals surface area contributed by atoms with E-state index < -0.39 is 0 Å². The Labute approximate surface area is 104 Å². The molecule has 0 aromatic carbocycles. The van der Waals surface area contributed by atoms with E-state index in [-0.39, 0.29) is 11.3 Å². The van der Waals surface area contributed by atoms with Crippen molar-refractivity contribution >= 4 is 5.91 Å². The van der Waals surface area contributed by atoms with Crippen LogP contribution in [0.3, 0.4) is 0 Å². The van der Waals surface area contributed by atoms with Crippen LogP contribution in [0.25, 0.3) is 0 Å². The van der Waals surface area contributed by atoms with Crippen LogP contribution in [-0.4, -0.2) is 50.1 Å². The standard InChI is InChI=1S/C13H25N3O/c1-3-13(6-4-7-14-10-13)12(17)15-11-5-8-16(2)9-11/h11,14H,3-10H2,1-2H3,(H,15,17). The zero-order valence-electron chi connectivity index (χ0n) is 11.1. The zero-order chi connectivity index (χ0) is 12.3. The van der Waals surface area contributed by atoms with Crippen molar-refractivity contribution in [2.45, 2.75) is 38.6 Å². The Morgan fingerprint density at radius 2 is 2.41 bits per heavy atom. The summed E-state index contributed by atoms with van der Waals surface area (Å²) < 4.78 is 0. The largest absolute Gasteiger partial charge is 0.352 e. The Balaban J connectivity index is 1.92. The molecular weight excluding hydrogens is 214 g/mol. The first-order valence-electron chi connectivity index (χ1n) is 6.86. The molecule has 0 saturated carbocycles. The van der Waals surface area contributed by atoms with Crippen LogP contribution in [0.2, 0.25) is 0 Å². The summed E-state index contributed by atoms with van der Waals surface area (Å²) in [7, 11) is 2.11. The van der Waals surface area contributed by atoms with E-state index in [4.69, 9.17) is 0 Å². The highest BCUT2D eigenvalue weighted by Crippen LogP contribution is 2.30. The van der Waals surface area contributed by atoms with Crippen LogP contribution in [0.4, 0.5) is 0 Å². The van der Waals surface area contributed by atoms with E-state index in [0.717, 1.165) is 51.9 Å². The fourth-order valence-corrected chi connectivity index (χ4v) is 3.02. The normalized spacial score (nSPS) is 34.8. The molecule has 2 N–H and O–H groups in total. The number of carbonyl (C=O) groups excluding carboxylic acids is 1. The molecule has 2 aliphatic rings. The Kier molecular flexibility index (Phi) is 4.05. The smallest absolute Gasteiger partial charge is 0.227 e. The summed E-state index contributed by atoms with van der Waals surface area (Å²) in [5, 5.41) is 6.62. The lowest BCUT2D eigenvalue weighted by molar-refractivity contribution is -0.133. The van der Waals surface area contributed by atoms with Crippen molar-refractivity contribution in [3.63, 3.8) is 0 Å². The summed E-state index contributed by atoms with van der Waals surface area (Å²) in [6, 6.07) is 0.359. The molecule has 2 unspecified atom stereocenters. The van der Waals surface area contributed by atoms with Gasteiger partial charge in [-0.2, -0.15) is 0 Å². The van der Waals surface area contributed by atoms with E-state index in [1.165, 1.54) is 0 Å². The summed E-state index contributed by atoms with van der Waals surface area (Å²) in [5.74, 6) is 0.271. The van der Waals surface area contributed by atoms with Crippen molar-refractivity contribution in [2.24, 2.45) is 5.41 Å². The minimum atomic E-state index is -0.153. The van der Waals surface area contributed by atoms with Crippen LogP contribution >= 0.6 is 0 Å². The Morgan fingerprint density at radius 3 is 2.94 bits per heavy atom. The van der Waals surface area contributed by atoms with Gasteiger partial charge in [-0.1, -0.05) is 6.92 Å². The number of hydrogen-bond acceptors (Lipinski definition) is 3. The maximum atomic E-state index is 12.4. The Bertz CT molecular complexity index is 274. The molecule has 2 fully saturated rings. The molecule has 2 heterocycles. The minimum Gasteiger partial charge on any atom is -0.352 e. The monoisotopic (exact) mass is 239 g/mol. The second kappa shape index (κ2) is 5.36. The van der Waals surface area contributed by atoms with Gasteiger partial charge in [0.15, 0.2) is 0 Å². The first kappa shape index (κ1) is 12.8. The molecule has 0 aromatic heterocycles. The van der Waals surface area contributed by atoms with Crippen molar-refractivity contribution in [1.29, 1.82) is 0 Å². The second-order valence-electron chi connectivity index (χ2n) is 5.64. The summed E-state index contributed by atoms with van der Waals surface area (Å²) in [4.78, 5) is 14.7. The first-order valence-corrected chi connectivity index (χ1v) is 6.86. The number of hydrogen-bond donors (Lipinski definition) is 2. The molecule has 0 radical (unpaired) electrons. The van der Waals surface area contributed by atoms with Crippen LogP contribution in [0.15, 0.2) is 0 Å². The van der Waals surface area contributed by atoms with E-state index in [1.54, 1.807) is 0 Å². The summed E-state index contributed by atoms with van der Waals surface area (Å²) >= 11 is 0. The summed E-state index contributed by atoms with van der Waals surface area (Å²) in [6.07, 6.45) is 4.18. The van der Waals surface area contributed by atoms with Gasteiger partial charge in [-0.15, -0.1) is 0 Å². The predicted octanol–water partition coefficient (Wildman–Crippen LogP) is 0.587. The maximum Gasteiger partial charge on any atom is 0.227 e. The average molecular weight is 239 g/mol. The van der Waals surface area contributed by atoms with Crippen LogP contribution in [0.1, 0.15) is 32.6 Å². The molecule has 2 saturated heterocycles. The lowest BCUT2D eigenvalue weighted by atomic mass is 9.77. The summed E-state index contributed by atoms with van der Waals surface area (Å²) in [6.45, 7) is 6.13. The highest BCUT2D eigenvalue weighted by Gasteiger charge is 2.39. The van der Waals surface area contributed by atoms with Gasteiger partial charge >= 0.3 is 0 Å². The maximum absolute atomic E-state index is 12.4. The van der Waals surface area contributed by atoms with E-state index in [1.807, 2.05) is 0 Å². The molecule has 2 aliphatic heterocycles. The quantitative estimate of drug-likeness (QED) is 0.757. The third kappa shape index (κ3) is 2.80. The van der Waals surface area contributed by atoms with E-state index in [0.29, 0.717) is 6.04 Å². The van der Waals surface area contributed by atoms with Gasteiger partial charge < -0.3 is 15.5 Å². The molecule has 4 heteroatoms. The molecule has 98 valence electrons. The van der Waals surface area contributed by atoms with Crippen LogP contribution in [-0.2, 0) is 4.79 Å². The number of nitrogens with zero attached hydrogens (tertiary/aromatic N) is 1. The molecule has 0 aromatic rings. The van der Waals surface area contributed by atoms with E-state index in [9.17, 15) is 4.79 Å². The van der Waals surface area contributed by atoms with Crippen molar-refractivity contribution in [3.8, 4) is 0 Å². The fraction of sp³-hybridized carbons (Fsp3) is 0.923. The zero-order valence-corrected chi connectivity index (χ0v) is 11.1. The van der Waals surface area contributed by atoms with E-state index >= 15 is 0 Å². The molecule has 0 spiro atoms. The van der Waals surface area contributed by atoms with Crippen molar-refractivity contribution in [2.75, 3.05) is 33.2 Å². The molecular formula is C13H25N3O. The lowest BCUT2D eigenvalue weighted by Crippen LogP contribution is -2.52. The average Bonchev–Trinajstić information content (AvgIpc) is 2.75. The number of amides is 1. The minimum absolute atomic E-state index is 0.153. The number of likely N-dealkylation sites (tertiary alicyclic amines) is 1. The van der Waals surface area contributed by atoms with Gasteiger partial charge in [0, 0.05) is 19.1 Å². The van der Waals surface area contributed by atoms with Crippen molar-refractivity contribution in [3.05, 3.63) is 0 Å². The number of likely N-dealkylation sites (N-methyl/N-ethyl adjacent to an activating group) is 1. The van der Waals surface area contributed by atoms with Crippen LogP contribution in [0, 0.1) is 5.41 Å². The second-order valence-corrected chi connectivity index (χ2v) is 5.64. The molecule has 0 bridgehead atoms. The van der Waals surface area contributed by atoms with E-state index in [2.05, 4.69) is 29.5 Å². The third-order valence-corrected chi connectivity index (χ3v) is 4.36. The van der Waals surface area contributed by atoms with Gasteiger partial charge in [0.25, 0.3) is 0 Å². The Hall–Kier alpha value is -0.610. The first-order chi connectivity index (χ1) is 8.16. The van der Waals surface area contributed by atoms with Gasteiger partial charge in [-0.05, 0) is 45.8 Å². The van der Waals surface area contributed by atoms with Crippen molar-refractivity contribution < 1.29 is 4.79 Å². The van der Waals surface area contributed by atoms with Crippen LogP contribution < -0.4 is 10.6 Å². The fourth-order valence-electron chi connectivity index (χ4n) is 3.02. The molecule has 2 atom stereocenters. The number of rotatable bonds is 3. The predicted molar refractivity (Wildman–Crippen MR) is 68.9 cm³/mol. The molecule has 2 rings (SSSR count). The van der Waals surface area contributed by atoms with Gasteiger partial charge in [0.05, 0.1) is 5.41 Å². The van der Waals surface area contributed by atoms with Crippen LogP contribution in [0.5, 0.6) is 0 Å². The third-order valence-electron chi connectivity index (χ3n) is 4.36. The van der Waals surface area contributed by atoms with Gasteiger partial charge in [0.1, 0.15) is 0 Å². The lowest BCUT2D eigenvalue weighted by Gasteiger charge is -2.36. The highest BCUT2D eigenvalue weighted by atomic mass is 16.2. The highest BCUT2D eigenvalue weighted by molar-refractivity contribution is 5.83. The number of piperidine rings is 1. The van der Waals surface area contributed by atoms with Gasteiger partial charge in [-0.3, -0.25) is 4.79 Å². The number of carbonyl (C=O) groups is 1. The summed E-state index contributed by atoms with van der Waals surface area (Å²) in [5.41, 5.74) is -0.153. The van der Waals surface area contributed by atoms with Gasteiger partial charge in [-0.25, -0.2) is 0 Å². The number of nitrogens with one attached hydrogen (secondary N) is 2. The topological polar surface area (TPSA) is 44.4 Å². The molecule has 17 heavy (non-hydrogen) atoms. The van der Waals surface area contributed by atoms with Crippen molar-refractivity contribution in [1.82, 2.24) is 15.5 Å². The Morgan fingerprint density at radius 1 is 1.59 bits per heavy atom. The molecule has 0 aliphatic carbocycles. The molecule has 4 nitrogen and oxygen atoms in total. The molecule has 1 amide bonds.